The lowest BCUT2D eigenvalue weighted by molar-refractivity contribution is -0.112. The van der Waals surface area contributed by atoms with Crippen LogP contribution in [0.3, 0.4) is 0 Å². The number of ketones is 1. The molecule has 0 spiro atoms. The fourth-order valence-electron chi connectivity index (χ4n) is 3.89. The Balaban J connectivity index is 1.37. The number of carbonyl (C=O) groups excluding carboxylic acids is 1. The van der Waals surface area contributed by atoms with Crippen LogP contribution in [0.15, 0.2) is 62.4 Å². The standard InChI is InChI=1S/C23H21N5O2S3/c1-27-17-7-2-3-8-19(17)33-22(27)16(12-24)18(29)14-32-23-26-25-21(20-9-5-11-31-20)28(23)13-15-6-4-10-30-15/h2-3,5,7-9,11,15H,4,6,10,13-14H2,1H3/b22-16-. The Morgan fingerprint density at radius 2 is 2.18 bits per heavy atom. The van der Waals surface area contributed by atoms with Crippen LogP contribution < -0.4 is 4.90 Å². The van der Waals surface area contributed by atoms with Gasteiger partial charge in [-0.3, -0.25) is 9.36 Å². The second kappa shape index (κ2) is 9.73. The minimum absolute atomic E-state index is 0.116. The number of fused-ring (bicyclic) bond motifs is 1. The molecule has 1 atom stereocenters. The number of anilines is 1. The quantitative estimate of drug-likeness (QED) is 0.262. The van der Waals surface area contributed by atoms with Crippen molar-refractivity contribution in [2.24, 2.45) is 0 Å². The first-order chi connectivity index (χ1) is 16.2. The molecule has 1 aromatic carbocycles. The monoisotopic (exact) mass is 495 g/mol. The van der Waals surface area contributed by atoms with Crippen molar-refractivity contribution in [3.05, 3.63) is 52.4 Å². The number of hydrogen-bond acceptors (Lipinski definition) is 9. The summed E-state index contributed by atoms with van der Waals surface area (Å²) >= 11 is 4.38. The highest BCUT2D eigenvalue weighted by atomic mass is 32.2. The number of nitriles is 1. The van der Waals surface area contributed by atoms with Gasteiger partial charge in [-0.2, -0.15) is 5.26 Å². The smallest absolute Gasteiger partial charge is 0.192 e. The van der Waals surface area contributed by atoms with Crippen LogP contribution >= 0.6 is 34.9 Å². The van der Waals surface area contributed by atoms with Crippen molar-refractivity contribution in [2.75, 3.05) is 24.3 Å². The Labute approximate surface area is 204 Å². The van der Waals surface area contributed by atoms with Gasteiger partial charge in [0.15, 0.2) is 16.8 Å². The van der Waals surface area contributed by atoms with Gasteiger partial charge in [0.2, 0.25) is 0 Å². The zero-order valence-corrected chi connectivity index (χ0v) is 20.4. The van der Waals surface area contributed by atoms with Crippen molar-refractivity contribution >= 4 is 46.3 Å². The van der Waals surface area contributed by atoms with Gasteiger partial charge in [-0.1, -0.05) is 41.7 Å². The summed E-state index contributed by atoms with van der Waals surface area (Å²) in [4.78, 5) is 17.1. The van der Waals surface area contributed by atoms with Crippen molar-refractivity contribution in [1.82, 2.24) is 14.8 Å². The Morgan fingerprint density at radius 3 is 2.91 bits per heavy atom. The summed E-state index contributed by atoms with van der Waals surface area (Å²) in [6.07, 6.45) is 2.17. The molecular formula is C23H21N5O2S3. The highest BCUT2D eigenvalue weighted by Crippen LogP contribution is 2.46. The van der Waals surface area contributed by atoms with E-state index in [0.717, 1.165) is 40.7 Å². The lowest BCUT2D eigenvalue weighted by Crippen LogP contribution is -2.18. The number of benzene rings is 1. The number of thiophene rings is 1. The van der Waals surface area contributed by atoms with Crippen LogP contribution in [0.5, 0.6) is 0 Å². The van der Waals surface area contributed by atoms with Crippen LogP contribution in [0.1, 0.15) is 12.8 Å². The number of para-hydroxylation sites is 1. The van der Waals surface area contributed by atoms with E-state index in [1.165, 1.54) is 23.5 Å². The molecule has 168 valence electrons. The third-order valence-electron chi connectivity index (χ3n) is 5.54. The molecule has 5 rings (SSSR count). The van der Waals surface area contributed by atoms with Crippen molar-refractivity contribution in [3.63, 3.8) is 0 Å². The number of ether oxygens (including phenoxy) is 1. The van der Waals surface area contributed by atoms with E-state index >= 15 is 0 Å². The van der Waals surface area contributed by atoms with E-state index in [9.17, 15) is 10.1 Å². The number of rotatable bonds is 7. The Morgan fingerprint density at radius 1 is 1.30 bits per heavy atom. The minimum Gasteiger partial charge on any atom is -0.376 e. The zero-order valence-electron chi connectivity index (χ0n) is 17.9. The summed E-state index contributed by atoms with van der Waals surface area (Å²) in [6, 6.07) is 14.0. The van der Waals surface area contributed by atoms with Crippen LogP contribution in [0.4, 0.5) is 5.69 Å². The minimum atomic E-state index is -0.214. The van der Waals surface area contributed by atoms with Gasteiger partial charge in [0, 0.05) is 18.6 Å². The van der Waals surface area contributed by atoms with E-state index in [0.29, 0.717) is 16.7 Å². The molecule has 2 aliphatic rings. The summed E-state index contributed by atoms with van der Waals surface area (Å²) in [6.45, 7) is 1.42. The number of nitrogens with zero attached hydrogens (tertiary/aromatic N) is 5. The number of thioether (sulfide) groups is 2. The maximum atomic E-state index is 13.1. The van der Waals surface area contributed by atoms with Crippen LogP contribution in [0, 0.1) is 11.3 Å². The van der Waals surface area contributed by atoms with Crippen LogP contribution in [0.25, 0.3) is 10.7 Å². The van der Waals surface area contributed by atoms with E-state index in [1.807, 2.05) is 58.3 Å². The largest absolute Gasteiger partial charge is 0.376 e. The van der Waals surface area contributed by atoms with Crippen LogP contribution in [0.2, 0.25) is 0 Å². The molecule has 1 unspecified atom stereocenters. The molecule has 0 bridgehead atoms. The molecular weight excluding hydrogens is 474 g/mol. The van der Waals surface area contributed by atoms with E-state index in [2.05, 4.69) is 16.3 Å². The predicted octanol–water partition coefficient (Wildman–Crippen LogP) is 4.82. The third kappa shape index (κ3) is 4.46. The number of aromatic nitrogens is 3. The number of Topliss-reactive ketones (excluding diaryl/α,β-unsaturated/α-hetero) is 1. The van der Waals surface area contributed by atoms with Crippen molar-refractivity contribution < 1.29 is 9.53 Å². The van der Waals surface area contributed by atoms with Gasteiger partial charge in [0.25, 0.3) is 0 Å². The Bertz CT molecular complexity index is 1240. The van der Waals surface area contributed by atoms with Crippen LogP contribution in [-0.2, 0) is 16.1 Å². The second-order valence-electron chi connectivity index (χ2n) is 7.66. The number of carbonyl (C=O) groups is 1. The number of hydrogen-bond donors (Lipinski definition) is 0. The van der Waals surface area contributed by atoms with Gasteiger partial charge in [-0.05, 0) is 36.4 Å². The molecule has 0 amide bonds. The topological polar surface area (TPSA) is 84.0 Å². The molecule has 1 fully saturated rings. The van der Waals surface area contributed by atoms with Crippen molar-refractivity contribution in [1.29, 1.82) is 5.26 Å². The molecule has 0 aliphatic carbocycles. The first-order valence-electron chi connectivity index (χ1n) is 10.6. The fraction of sp³-hybridized carbons (Fsp3) is 0.304. The molecule has 1 saturated heterocycles. The first-order valence-corrected chi connectivity index (χ1v) is 13.2. The molecule has 7 nitrogen and oxygen atoms in total. The highest BCUT2D eigenvalue weighted by Gasteiger charge is 2.28. The first kappa shape index (κ1) is 22.2. The average Bonchev–Trinajstić information content (AvgIpc) is 3.62. The van der Waals surface area contributed by atoms with E-state index < -0.39 is 0 Å². The maximum Gasteiger partial charge on any atom is 0.192 e. The van der Waals surface area contributed by atoms with Crippen LogP contribution in [-0.4, -0.2) is 46.1 Å². The average molecular weight is 496 g/mol. The molecule has 2 aliphatic heterocycles. The summed E-state index contributed by atoms with van der Waals surface area (Å²) in [5.74, 6) is 0.690. The number of allylic oxidation sites excluding steroid dienone is 1. The van der Waals surface area contributed by atoms with Crippen molar-refractivity contribution in [3.8, 4) is 16.8 Å². The van der Waals surface area contributed by atoms with Gasteiger partial charge in [-0.25, -0.2) is 0 Å². The third-order valence-corrected chi connectivity index (χ3v) is 8.61. The maximum absolute atomic E-state index is 13.1. The van der Waals surface area contributed by atoms with E-state index in [4.69, 9.17) is 4.74 Å². The molecule has 2 aromatic heterocycles. The molecule has 4 heterocycles. The lowest BCUT2D eigenvalue weighted by Gasteiger charge is -2.15. The summed E-state index contributed by atoms with van der Waals surface area (Å²) in [7, 11) is 1.89. The molecule has 33 heavy (non-hydrogen) atoms. The summed E-state index contributed by atoms with van der Waals surface area (Å²) in [5, 5.41) is 21.9. The lowest BCUT2D eigenvalue weighted by atomic mass is 10.2. The molecule has 0 N–H and O–H groups in total. The normalized spacial score (nSPS) is 18.9. The Hall–Kier alpha value is -2.58. The van der Waals surface area contributed by atoms with Crippen molar-refractivity contribution in [2.45, 2.75) is 35.5 Å². The predicted molar refractivity (Wildman–Crippen MR) is 131 cm³/mol. The molecule has 3 aromatic rings. The molecule has 10 heteroatoms. The zero-order chi connectivity index (χ0) is 22.8. The van der Waals surface area contributed by atoms with Gasteiger partial charge in [0.05, 0.1) is 29.0 Å². The van der Waals surface area contributed by atoms with Gasteiger partial charge in [-0.15, -0.1) is 21.5 Å². The second-order valence-corrected chi connectivity index (χ2v) is 10.6. The SMILES string of the molecule is CN1/C(=C(\C#N)C(=O)CSc2nnc(-c3cccs3)n2CC2CCCO2)Sc2ccccc21. The summed E-state index contributed by atoms with van der Waals surface area (Å²) in [5.41, 5.74) is 1.18. The highest BCUT2D eigenvalue weighted by molar-refractivity contribution is 8.03. The molecule has 0 radical (unpaired) electrons. The summed E-state index contributed by atoms with van der Waals surface area (Å²) < 4.78 is 7.88. The Kier molecular flexibility index (Phi) is 6.55. The molecule has 0 saturated carbocycles. The van der Waals surface area contributed by atoms with Gasteiger partial charge >= 0.3 is 0 Å². The van der Waals surface area contributed by atoms with Gasteiger partial charge < -0.3 is 9.64 Å². The van der Waals surface area contributed by atoms with E-state index in [-0.39, 0.29) is 23.2 Å². The van der Waals surface area contributed by atoms with E-state index in [1.54, 1.807) is 11.3 Å². The van der Waals surface area contributed by atoms with Gasteiger partial charge in [0.1, 0.15) is 16.7 Å². The fourth-order valence-corrected chi connectivity index (χ4v) is 6.59.